The van der Waals surface area contributed by atoms with E-state index in [4.69, 9.17) is 22.1 Å². The van der Waals surface area contributed by atoms with Gasteiger partial charge in [-0.05, 0) is 42.3 Å². The molecule has 1 aromatic carbocycles. The highest BCUT2D eigenvalue weighted by Crippen LogP contribution is 2.38. The maximum atomic E-state index is 6.03. The largest absolute Gasteiger partial charge is 0.455 e. The van der Waals surface area contributed by atoms with E-state index < -0.39 is 0 Å². The van der Waals surface area contributed by atoms with Crippen molar-refractivity contribution in [3.63, 3.8) is 0 Å². The summed E-state index contributed by atoms with van der Waals surface area (Å²) in [5.74, 6) is 1.79. The van der Waals surface area contributed by atoms with Gasteiger partial charge < -0.3 is 10.5 Å². The number of aromatic nitrogens is 1. The summed E-state index contributed by atoms with van der Waals surface area (Å²) >= 11 is 6.03. The number of rotatable bonds is 1. The Labute approximate surface area is 111 Å². The van der Waals surface area contributed by atoms with Gasteiger partial charge in [0.1, 0.15) is 11.5 Å². The number of hydrogen-bond donors (Lipinski definition) is 1. The lowest BCUT2D eigenvalue weighted by atomic mass is 9.96. The van der Waals surface area contributed by atoms with E-state index in [0.717, 1.165) is 29.2 Å². The van der Waals surface area contributed by atoms with E-state index in [9.17, 15) is 0 Å². The standard InChI is InChI=1S/C14H13ClN2O/c15-11-3-4-12-9(7-11)6-10(8-16)14-13(18-12)2-1-5-17-14/h1-5,7,10H,6,8,16H2. The maximum Gasteiger partial charge on any atom is 0.149 e. The Morgan fingerprint density at radius 2 is 2.22 bits per heavy atom. The molecule has 1 atom stereocenters. The van der Waals surface area contributed by atoms with Gasteiger partial charge in [-0.2, -0.15) is 0 Å². The average molecular weight is 261 g/mol. The van der Waals surface area contributed by atoms with Crippen LogP contribution in [0.15, 0.2) is 36.5 Å². The van der Waals surface area contributed by atoms with Crippen LogP contribution in [0.3, 0.4) is 0 Å². The molecular formula is C14H13ClN2O. The second-order valence-corrected chi connectivity index (χ2v) is 4.81. The molecule has 1 unspecified atom stereocenters. The van der Waals surface area contributed by atoms with Crippen molar-refractivity contribution in [2.45, 2.75) is 12.3 Å². The third-order valence-electron chi connectivity index (χ3n) is 3.18. The molecule has 0 amide bonds. The third-order valence-corrected chi connectivity index (χ3v) is 3.41. The summed E-state index contributed by atoms with van der Waals surface area (Å²) in [6.07, 6.45) is 2.57. The quantitative estimate of drug-likeness (QED) is 0.857. The van der Waals surface area contributed by atoms with E-state index >= 15 is 0 Å². The fourth-order valence-electron chi connectivity index (χ4n) is 2.28. The van der Waals surface area contributed by atoms with Crippen molar-refractivity contribution < 1.29 is 4.74 Å². The normalized spacial score (nSPS) is 17.3. The number of hydrogen-bond acceptors (Lipinski definition) is 3. The van der Waals surface area contributed by atoms with Crippen LogP contribution in [0, 0.1) is 0 Å². The lowest BCUT2D eigenvalue weighted by Gasteiger charge is -2.12. The van der Waals surface area contributed by atoms with Crippen LogP contribution in [0.25, 0.3) is 0 Å². The highest BCUT2D eigenvalue weighted by molar-refractivity contribution is 6.30. The zero-order valence-electron chi connectivity index (χ0n) is 9.77. The molecule has 0 bridgehead atoms. The minimum absolute atomic E-state index is 0.168. The van der Waals surface area contributed by atoms with E-state index in [-0.39, 0.29) is 5.92 Å². The van der Waals surface area contributed by atoms with E-state index in [2.05, 4.69) is 4.98 Å². The molecule has 18 heavy (non-hydrogen) atoms. The Hall–Kier alpha value is -1.58. The molecule has 1 aliphatic rings. The first kappa shape index (κ1) is 11.5. The van der Waals surface area contributed by atoms with Crippen LogP contribution in [-0.2, 0) is 6.42 Å². The first-order valence-corrected chi connectivity index (χ1v) is 6.27. The molecular weight excluding hydrogens is 248 g/mol. The summed E-state index contributed by atoms with van der Waals surface area (Å²) in [7, 11) is 0. The van der Waals surface area contributed by atoms with Crippen LogP contribution in [0.5, 0.6) is 11.5 Å². The van der Waals surface area contributed by atoms with Crippen molar-refractivity contribution in [3.05, 3.63) is 52.8 Å². The Morgan fingerprint density at radius 3 is 3.06 bits per heavy atom. The van der Waals surface area contributed by atoms with Gasteiger partial charge in [0.05, 0.1) is 5.69 Å². The molecule has 0 fully saturated rings. The maximum absolute atomic E-state index is 6.03. The van der Waals surface area contributed by atoms with Crippen molar-refractivity contribution in [2.24, 2.45) is 5.73 Å². The zero-order valence-corrected chi connectivity index (χ0v) is 10.5. The van der Waals surface area contributed by atoms with Crippen LogP contribution in [0.1, 0.15) is 17.2 Å². The molecule has 0 aliphatic carbocycles. The van der Waals surface area contributed by atoms with Crippen LogP contribution in [0.4, 0.5) is 0 Å². The number of nitrogens with two attached hydrogens (primary N) is 1. The molecule has 0 radical (unpaired) electrons. The first-order chi connectivity index (χ1) is 8.78. The van der Waals surface area contributed by atoms with Crippen molar-refractivity contribution >= 4 is 11.6 Å². The van der Waals surface area contributed by atoms with Gasteiger partial charge in [0.25, 0.3) is 0 Å². The topological polar surface area (TPSA) is 48.1 Å². The number of ether oxygens (including phenoxy) is 1. The number of nitrogens with zero attached hydrogens (tertiary/aromatic N) is 1. The van der Waals surface area contributed by atoms with Gasteiger partial charge in [-0.25, -0.2) is 0 Å². The molecule has 2 N–H and O–H groups in total. The van der Waals surface area contributed by atoms with Gasteiger partial charge in [0, 0.05) is 23.7 Å². The van der Waals surface area contributed by atoms with Gasteiger partial charge in [0.2, 0.25) is 0 Å². The predicted octanol–water partition coefficient (Wildman–Crippen LogP) is 3.13. The van der Waals surface area contributed by atoms with E-state index in [1.165, 1.54) is 0 Å². The summed E-state index contributed by atoms with van der Waals surface area (Å²) in [5.41, 5.74) is 7.86. The average Bonchev–Trinajstić information content (AvgIpc) is 2.54. The Balaban J connectivity index is 2.13. The molecule has 1 aromatic heterocycles. The number of pyridine rings is 1. The molecule has 0 saturated heterocycles. The molecule has 2 heterocycles. The molecule has 1 aliphatic heterocycles. The highest BCUT2D eigenvalue weighted by Gasteiger charge is 2.23. The van der Waals surface area contributed by atoms with Gasteiger partial charge in [-0.15, -0.1) is 0 Å². The number of halogens is 1. The number of benzene rings is 1. The summed E-state index contributed by atoms with van der Waals surface area (Å²) in [5, 5.41) is 0.715. The van der Waals surface area contributed by atoms with Gasteiger partial charge in [-0.3, -0.25) is 4.98 Å². The third kappa shape index (κ3) is 1.96. The van der Waals surface area contributed by atoms with Gasteiger partial charge >= 0.3 is 0 Å². The molecule has 0 spiro atoms. The lowest BCUT2D eigenvalue weighted by Crippen LogP contribution is -2.15. The highest BCUT2D eigenvalue weighted by atomic mass is 35.5. The van der Waals surface area contributed by atoms with Crippen molar-refractivity contribution in [1.29, 1.82) is 0 Å². The summed E-state index contributed by atoms with van der Waals surface area (Å²) in [6.45, 7) is 0.541. The van der Waals surface area contributed by atoms with Crippen molar-refractivity contribution in [2.75, 3.05) is 6.54 Å². The fraction of sp³-hybridized carbons (Fsp3) is 0.214. The summed E-state index contributed by atoms with van der Waals surface area (Å²) in [4.78, 5) is 4.40. The summed E-state index contributed by atoms with van der Waals surface area (Å²) in [6, 6.07) is 9.46. The van der Waals surface area contributed by atoms with E-state index in [1.54, 1.807) is 6.20 Å². The zero-order chi connectivity index (χ0) is 12.5. The molecule has 3 nitrogen and oxygen atoms in total. The monoisotopic (exact) mass is 260 g/mol. The van der Waals surface area contributed by atoms with E-state index in [0.29, 0.717) is 11.6 Å². The molecule has 4 heteroatoms. The van der Waals surface area contributed by atoms with Crippen LogP contribution in [0.2, 0.25) is 5.02 Å². The van der Waals surface area contributed by atoms with Crippen molar-refractivity contribution in [1.82, 2.24) is 4.98 Å². The van der Waals surface area contributed by atoms with Crippen molar-refractivity contribution in [3.8, 4) is 11.5 Å². The van der Waals surface area contributed by atoms with Crippen LogP contribution < -0.4 is 10.5 Å². The second-order valence-electron chi connectivity index (χ2n) is 4.38. The molecule has 2 aromatic rings. The Kier molecular flexibility index (Phi) is 2.94. The minimum atomic E-state index is 0.168. The first-order valence-electron chi connectivity index (χ1n) is 5.89. The second kappa shape index (κ2) is 4.59. The number of fused-ring (bicyclic) bond motifs is 2. The SMILES string of the molecule is NCC1Cc2cc(Cl)ccc2Oc2cccnc21. The van der Waals surface area contributed by atoms with Gasteiger partial charge in [-0.1, -0.05) is 11.6 Å². The molecule has 92 valence electrons. The van der Waals surface area contributed by atoms with Crippen LogP contribution in [-0.4, -0.2) is 11.5 Å². The molecule has 3 rings (SSSR count). The van der Waals surface area contributed by atoms with Gasteiger partial charge in [0.15, 0.2) is 0 Å². The molecule has 0 saturated carbocycles. The summed E-state index contributed by atoms with van der Waals surface area (Å²) < 4.78 is 5.91. The Morgan fingerprint density at radius 1 is 1.33 bits per heavy atom. The fourth-order valence-corrected chi connectivity index (χ4v) is 2.47. The van der Waals surface area contributed by atoms with E-state index in [1.807, 2.05) is 30.3 Å². The predicted molar refractivity (Wildman–Crippen MR) is 71.3 cm³/mol. The van der Waals surface area contributed by atoms with Crippen LogP contribution >= 0.6 is 11.6 Å². The minimum Gasteiger partial charge on any atom is -0.455 e. The lowest BCUT2D eigenvalue weighted by molar-refractivity contribution is 0.474. The smallest absolute Gasteiger partial charge is 0.149 e. The Bertz CT molecular complexity index is 586.